The average molecular weight is 1170 g/mol. The summed E-state index contributed by atoms with van der Waals surface area (Å²) in [5, 5.41) is 0. The minimum Gasteiger partial charge on any atom is -0.297 e. The fourth-order valence-electron chi connectivity index (χ4n) is 12.2. The molecule has 0 radical (unpaired) electrons. The molecule has 0 saturated carbocycles. The molecule has 0 aliphatic carbocycles. The van der Waals surface area contributed by atoms with Crippen molar-refractivity contribution in [2.24, 2.45) is 0 Å². The van der Waals surface area contributed by atoms with Gasteiger partial charge in [-0.1, -0.05) is 272 Å². The SMILES string of the molecule is Cc1ccc(/C=C/CN2CCN(C(c3ccccc3)c3ccc([18F])cc3)CC2)cc1.Cc1ccc(/C=C/CN2CCN(C(c3ccccc3)c3ccccc3)CC2)cc1.[18F]c1ccc(C(c2ccccc2)N2CCN(C/C=C/c3ccccc3)CC2)cc1. The van der Waals surface area contributed by atoms with E-state index < -0.39 is 0 Å². The van der Waals surface area contributed by atoms with Crippen molar-refractivity contribution in [2.45, 2.75) is 32.0 Å². The van der Waals surface area contributed by atoms with Gasteiger partial charge < -0.3 is 0 Å². The Morgan fingerprint density at radius 3 is 0.761 bits per heavy atom. The molecule has 9 aromatic rings. The van der Waals surface area contributed by atoms with Crippen LogP contribution in [-0.2, 0) is 0 Å². The van der Waals surface area contributed by atoms with Crippen LogP contribution >= 0.6 is 0 Å². The van der Waals surface area contributed by atoms with Gasteiger partial charge >= 0.3 is 0 Å². The van der Waals surface area contributed by atoms with Crippen LogP contribution in [-0.4, -0.2) is 128 Å². The third kappa shape index (κ3) is 18.9. The molecule has 3 heterocycles. The Kier molecular flexibility index (Phi) is 23.7. The molecule has 9 aromatic carbocycles. The van der Waals surface area contributed by atoms with E-state index in [2.05, 4.69) is 262 Å². The van der Waals surface area contributed by atoms with Gasteiger partial charge in [-0.3, -0.25) is 29.4 Å². The van der Waals surface area contributed by atoms with E-state index in [0.717, 1.165) is 109 Å². The van der Waals surface area contributed by atoms with Crippen molar-refractivity contribution in [3.8, 4) is 0 Å². The number of hydrogen-bond donors (Lipinski definition) is 0. The molecule has 0 bridgehead atoms. The Balaban J connectivity index is 0.000000146. The van der Waals surface area contributed by atoms with E-state index in [1.54, 1.807) is 24.3 Å². The third-order valence-corrected chi connectivity index (χ3v) is 17.1. The normalized spacial score (nSPS) is 16.5. The first-order valence-corrected chi connectivity index (χ1v) is 31.6. The topological polar surface area (TPSA) is 19.4 Å². The van der Waals surface area contributed by atoms with Crippen LogP contribution in [0.4, 0.5) is 8.78 Å². The zero-order valence-electron chi connectivity index (χ0n) is 51.4. The van der Waals surface area contributed by atoms with Gasteiger partial charge in [-0.15, -0.1) is 0 Å². The third-order valence-electron chi connectivity index (χ3n) is 17.1. The second kappa shape index (κ2) is 33.2. The smallest absolute Gasteiger partial charge is 0.123 e. The number of piperazine rings is 3. The Hall–Kier alpha value is -8.18. The molecule has 2 unspecified atom stereocenters. The van der Waals surface area contributed by atoms with Gasteiger partial charge in [0.05, 0.1) is 18.1 Å². The predicted molar refractivity (Wildman–Crippen MR) is 364 cm³/mol. The lowest BCUT2D eigenvalue weighted by molar-refractivity contribution is 0.118. The van der Waals surface area contributed by atoms with Gasteiger partial charge in [-0.05, 0) is 88.2 Å². The highest BCUT2D eigenvalue weighted by Gasteiger charge is 2.29. The number of benzene rings is 9. The molecule has 12 rings (SSSR count). The van der Waals surface area contributed by atoms with Crippen LogP contribution in [0.3, 0.4) is 0 Å². The summed E-state index contributed by atoms with van der Waals surface area (Å²) in [6, 6.07) is 85.3. The summed E-state index contributed by atoms with van der Waals surface area (Å²) in [6.45, 7) is 19.7. The van der Waals surface area contributed by atoms with Crippen molar-refractivity contribution in [1.29, 1.82) is 0 Å². The van der Waals surface area contributed by atoms with Gasteiger partial charge in [0.1, 0.15) is 11.6 Å². The quantitative estimate of drug-likeness (QED) is 0.0847. The van der Waals surface area contributed by atoms with Gasteiger partial charge in [-0.25, -0.2) is 8.78 Å². The fraction of sp³-hybridized carbons (Fsp3) is 0.250. The van der Waals surface area contributed by atoms with Crippen LogP contribution in [0.2, 0.25) is 0 Å². The second-order valence-corrected chi connectivity index (χ2v) is 23.4. The summed E-state index contributed by atoms with van der Waals surface area (Å²) in [5.74, 6) is -0.369. The van der Waals surface area contributed by atoms with Gasteiger partial charge in [-0.2, -0.15) is 0 Å². The molecule has 88 heavy (non-hydrogen) atoms. The van der Waals surface area contributed by atoms with Gasteiger partial charge in [0, 0.05) is 98.2 Å². The van der Waals surface area contributed by atoms with Crippen molar-refractivity contribution in [1.82, 2.24) is 29.4 Å². The first-order valence-electron chi connectivity index (χ1n) is 31.6. The predicted octanol–water partition coefficient (Wildman–Crippen LogP) is 16.2. The van der Waals surface area contributed by atoms with E-state index in [-0.39, 0.29) is 23.7 Å². The Labute approximate surface area is 523 Å². The first kappa shape index (κ1) is 62.9. The molecule has 6 nitrogen and oxygen atoms in total. The van der Waals surface area contributed by atoms with Gasteiger partial charge in [0.25, 0.3) is 0 Å². The van der Waals surface area contributed by atoms with Crippen LogP contribution in [0.1, 0.15) is 79.3 Å². The lowest BCUT2D eigenvalue weighted by atomic mass is 9.96. The van der Waals surface area contributed by atoms with Crippen molar-refractivity contribution < 1.29 is 8.78 Å². The highest BCUT2D eigenvalue weighted by molar-refractivity contribution is 5.51. The molecule has 3 aliphatic heterocycles. The molecule has 450 valence electrons. The van der Waals surface area contributed by atoms with Crippen molar-refractivity contribution in [2.75, 3.05) is 98.2 Å². The van der Waals surface area contributed by atoms with Crippen molar-refractivity contribution >= 4 is 18.2 Å². The molecule has 3 fully saturated rings. The molecular weight excluding hydrogens is 1080 g/mol. The summed E-state index contributed by atoms with van der Waals surface area (Å²) in [7, 11) is 0. The van der Waals surface area contributed by atoms with E-state index in [0.29, 0.717) is 6.04 Å². The zero-order valence-corrected chi connectivity index (χ0v) is 51.4. The largest absolute Gasteiger partial charge is 0.297 e. The number of halogens is 2. The zero-order chi connectivity index (χ0) is 60.5. The summed E-state index contributed by atoms with van der Waals surface area (Å²) in [6.07, 6.45) is 13.4. The number of hydrogen-bond acceptors (Lipinski definition) is 6. The maximum Gasteiger partial charge on any atom is 0.123 e. The van der Waals surface area contributed by atoms with E-state index in [9.17, 15) is 8.78 Å². The Morgan fingerprint density at radius 1 is 0.273 bits per heavy atom. The van der Waals surface area contributed by atoms with E-state index in [4.69, 9.17) is 0 Å². The maximum absolute atomic E-state index is 13.5. The second-order valence-electron chi connectivity index (χ2n) is 23.4. The summed E-state index contributed by atoms with van der Waals surface area (Å²) in [4.78, 5) is 15.2. The molecule has 0 amide bonds. The van der Waals surface area contributed by atoms with Crippen molar-refractivity contribution in [3.63, 3.8) is 0 Å². The van der Waals surface area contributed by atoms with E-state index in [1.807, 2.05) is 42.5 Å². The average Bonchev–Trinajstić information content (AvgIpc) is 3.77. The lowest BCUT2D eigenvalue weighted by Crippen LogP contribution is -2.47. The van der Waals surface area contributed by atoms with Crippen LogP contribution in [0.25, 0.3) is 18.2 Å². The number of rotatable bonds is 18. The monoisotopic (exact) mass is 1170 g/mol. The number of aryl methyl sites for hydroxylation is 2. The minimum atomic E-state index is -0.185. The maximum atomic E-state index is 13.5. The minimum absolute atomic E-state index is 0.164. The molecule has 3 aliphatic rings. The van der Waals surface area contributed by atoms with Crippen LogP contribution in [0.15, 0.2) is 267 Å². The Morgan fingerprint density at radius 2 is 0.500 bits per heavy atom. The fourth-order valence-corrected chi connectivity index (χ4v) is 12.2. The highest BCUT2D eigenvalue weighted by atomic mass is 18.2. The molecule has 3 saturated heterocycles. The van der Waals surface area contributed by atoms with Gasteiger partial charge in [0.15, 0.2) is 0 Å². The van der Waals surface area contributed by atoms with Crippen molar-refractivity contribution in [3.05, 3.63) is 340 Å². The first-order chi connectivity index (χ1) is 43.3. The Bertz CT molecular complexity index is 3450. The molecule has 0 spiro atoms. The number of nitrogens with zero attached hydrogens (tertiary/aromatic N) is 6. The van der Waals surface area contributed by atoms with E-state index in [1.165, 1.54) is 50.1 Å². The molecule has 8 heteroatoms. The molecule has 0 aromatic heterocycles. The summed E-state index contributed by atoms with van der Waals surface area (Å²) >= 11 is 0. The summed E-state index contributed by atoms with van der Waals surface area (Å²) < 4.78 is 26.9. The van der Waals surface area contributed by atoms with E-state index >= 15 is 0 Å². The van der Waals surface area contributed by atoms with Crippen LogP contribution in [0, 0.1) is 25.5 Å². The van der Waals surface area contributed by atoms with Crippen LogP contribution in [0.5, 0.6) is 0 Å². The van der Waals surface area contributed by atoms with Gasteiger partial charge in [0.2, 0.25) is 0 Å². The molecular formula is C80H86F2N6. The molecule has 0 N–H and O–H groups in total. The van der Waals surface area contributed by atoms with Crippen LogP contribution < -0.4 is 0 Å². The molecule has 2 atom stereocenters. The highest BCUT2D eigenvalue weighted by Crippen LogP contribution is 2.33. The standard InChI is InChI=1S/C27H29FN2.C27H30N2.C26H27FN2/c1-22-9-11-23(12-10-22)6-5-17-29-18-20-30(21-19-29)27(24-7-3-2-4-8-24)25-13-15-26(28)16-14-25;1-23-14-16-24(17-15-23)9-8-18-28-19-21-29(22-20-28)27(25-10-4-2-5-11-25)26-12-6-3-7-13-26;27-25-15-13-24(14-16-25)26(23-11-5-2-6-12-23)29-20-18-28(19-21-29)17-7-10-22-8-3-1-4-9-22/h2-16,27H,17-21H2,1H3;2-17,27H,18-22H2,1H3;1-16,26H,17-21H2/b6-5+;9-8+;10-7+/i28-1;;27-1. The summed E-state index contributed by atoms with van der Waals surface area (Å²) in [5.41, 5.74) is 14.0. The lowest BCUT2D eigenvalue weighted by Gasteiger charge is -2.39.